The minimum absolute atomic E-state index is 0. The predicted octanol–water partition coefficient (Wildman–Crippen LogP) is 3.77. The fourth-order valence-corrected chi connectivity index (χ4v) is 3.17. The van der Waals surface area contributed by atoms with Crippen LogP contribution in [0.5, 0.6) is 5.75 Å². The van der Waals surface area contributed by atoms with E-state index in [-0.39, 0.29) is 24.8 Å². The van der Waals surface area contributed by atoms with Gasteiger partial charge in [0.1, 0.15) is 5.75 Å². The van der Waals surface area contributed by atoms with Crippen molar-refractivity contribution in [1.82, 2.24) is 9.80 Å². The molecule has 0 spiro atoms. The van der Waals surface area contributed by atoms with E-state index in [1.54, 1.807) is 6.07 Å². The lowest BCUT2D eigenvalue weighted by Gasteiger charge is -2.38. The highest BCUT2D eigenvalue weighted by atomic mass is 35.5. The third-order valence-electron chi connectivity index (χ3n) is 4.50. The molecule has 1 aliphatic heterocycles. The minimum Gasteiger partial charge on any atom is -0.508 e. The Morgan fingerprint density at radius 2 is 1.58 bits per heavy atom. The fraction of sp³-hybridized carbons (Fsp3) is 0.368. The van der Waals surface area contributed by atoms with Crippen molar-refractivity contribution in [2.24, 2.45) is 0 Å². The Hall–Kier alpha value is -1.26. The topological polar surface area (TPSA) is 26.7 Å². The molecule has 2 aromatic rings. The minimum atomic E-state index is 0. The highest BCUT2D eigenvalue weighted by molar-refractivity contribution is 5.85. The van der Waals surface area contributed by atoms with Crippen molar-refractivity contribution in [2.45, 2.75) is 12.5 Å². The van der Waals surface area contributed by atoms with Gasteiger partial charge in [-0.05, 0) is 36.7 Å². The van der Waals surface area contributed by atoms with Crippen molar-refractivity contribution in [1.29, 1.82) is 0 Å². The van der Waals surface area contributed by atoms with Gasteiger partial charge < -0.3 is 10.0 Å². The van der Waals surface area contributed by atoms with Crippen molar-refractivity contribution in [3.63, 3.8) is 0 Å². The molecule has 0 aliphatic carbocycles. The molecule has 0 radical (unpaired) electrons. The molecular formula is C19H26Cl2N2O. The number of likely N-dealkylation sites (N-methyl/N-ethyl adjacent to an activating group) is 1. The van der Waals surface area contributed by atoms with Gasteiger partial charge >= 0.3 is 0 Å². The number of hydrogen-bond acceptors (Lipinski definition) is 3. The van der Waals surface area contributed by atoms with Gasteiger partial charge in [0.25, 0.3) is 0 Å². The summed E-state index contributed by atoms with van der Waals surface area (Å²) in [5, 5.41) is 9.72. The van der Waals surface area contributed by atoms with E-state index in [1.165, 1.54) is 11.1 Å². The predicted molar refractivity (Wildman–Crippen MR) is 105 cm³/mol. The van der Waals surface area contributed by atoms with Crippen LogP contribution in [0.25, 0.3) is 0 Å². The summed E-state index contributed by atoms with van der Waals surface area (Å²) in [6.07, 6.45) is 0.933. The summed E-state index contributed by atoms with van der Waals surface area (Å²) >= 11 is 0. The van der Waals surface area contributed by atoms with Crippen molar-refractivity contribution in [3.05, 3.63) is 65.7 Å². The van der Waals surface area contributed by atoms with Gasteiger partial charge in [-0.15, -0.1) is 24.8 Å². The average Bonchev–Trinajstić information content (AvgIpc) is 2.55. The lowest BCUT2D eigenvalue weighted by Crippen LogP contribution is -2.46. The molecule has 1 saturated heterocycles. The Morgan fingerprint density at radius 3 is 2.21 bits per heavy atom. The van der Waals surface area contributed by atoms with Crippen LogP contribution in [0.1, 0.15) is 17.2 Å². The molecule has 1 N–H and O–H groups in total. The quantitative estimate of drug-likeness (QED) is 0.889. The molecule has 1 heterocycles. The highest BCUT2D eigenvalue weighted by Gasteiger charge is 2.24. The first kappa shape index (κ1) is 20.8. The SMILES string of the molecule is CN1CCN(C(Cc2cccc(O)c2)c2ccccc2)CC1.Cl.Cl. The Labute approximate surface area is 157 Å². The van der Waals surface area contributed by atoms with Crippen LogP contribution in [0.4, 0.5) is 0 Å². The van der Waals surface area contributed by atoms with Crippen molar-refractivity contribution >= 4 is 24.8 Å². The molecule has 0 saturated carbocycles. The summed E-state index contributed by atoms with van der Waals surface area (Å²) in [5.74, 6) is 0.350. The van der Waals surface area contributed by atoms with Gasteiger partial charge in [0, 0.05) is 32.2 Å². The van der Waals surface area contributed by atoms with E-state index in [2.05, 4.69) is 53.2 Å². The molecule has 1 aliphatic rings. The van der Waals surface area contributed by atoms with Gasteiger partial charge in [-0.3, -0.25) is 4.90 Å². The molecule has 132 valence electrons. The van der Waals surface area contributed by atoms with E-state index in [1.807, 2.05) is 12.1 Å². The zero-order chi connectivity index (χ0) is 15.4. The lowest BCUT2D eigenvalue weighted by molar-refractivity contribution is 0.111. The van der Waals surface area contributed by atoms with Crippen LogP contribution in [-0.2, 0) is 6.42 Å². The Morgan fingerprint density at radius 1 is 0.917 bits per heavy atom. The van der Waals surface area contributed by atoms with E-state index >= 15 is 0 Å². The molecule has 1 fully saturated rings. The maximum Gasteiger partial charge on any atom is 0.115 e. The molecule has 24 heavy (non-hydrogen) atoms. The first-order valence-corrected chi connectivity index (χ1v) is 7.98. The van der Waals surface area contributed by atoms with Crippen LogP contribution in [0.3, 0.4) is 0 Å². The number of phenolic OH excluding ortho intramolecular Hbond substituents is 1. The second-order valence-corrected chi connectivity index (χ2v) is 6.14. The molecule has 3 nitrogen and oxygen atoms in total. The van der Waals surface area contributed by atoms with Crippen LogP contribution >= 0.6 is 24.8 Å². The largest absolute Gasteiger partial charge is 0.508 e. The number of nitrogens with zero attached hydrogens (tertiary/aromatic N) is 2. The normalized spacial score (nSPS) is 16.7. The fourth-order valence-electron chi connectivity index (χ4n) is 3.17. The molecule has 0 amide bonds. The monoisotopic (exact) mass is 368 g/mol. The first-order valence-electron chi connectivity index (χ1n) is 7.98. The van der Waals surface area contributed by atoms with Gasteiger partial charge in [0.2, 0.25) is 0 Å². The van der Waals surface area contributed by atoms with Crippen LogP contribution in [0.15, 0.2) is 54.6 Å². The van der Waals surface area contributed by atoms with Crippen LogP contribution < -0.4 is 0 Å². The maximum absolute atomic E-state index is 9.72. The molecule has 3 rings (SSSR count). The number of phenols is 1. The van der Waals surface area contributed by atoms with Crippen LogP contribution in [-0.4, -0.2) is 48.1 Å². The van der Waals surface area contributed by atoms with E-state index in [9.17, 15) is 5.11 Å². The summed E-state index contributed by atoms with van der Waals surface area (Å²) in [4.78, 5) is 4.95. The van der Waals surface area contributed by atoms with E-state index in [0.29, 0.717) is 11.8 Å². The number of rotatable bonds is 4. The zero-order valence-electron chi connectivity index (χ0n) is 14.0. The number of piperazine rings is 1. The maximum atomic E-state index is 9.72. The highest BCUT2D eigenvalue weighted by Crippen LogP contribution is 2.27. The third kappa shape index (κ3) is 5.38. The zero-order valence-corrected chi connectivity index (χ0v) is 15.6. The number of hydrogen-bond donors (Lipinski definition) is 1. The summed E-state index contributed by atoms with van der Waals surface area (Å²) < 4.78 is 0. The first-order chi connectivity index (χ1) is 10.7. The van der Waals surface area contributed by atoms with Crippen molar-refractivity contribution < 1.29 is 5.11 Å². The Balaban J connectivity index is 0.00000144. The van der Waals surface area contributed by atoms with Crippen molar-refractivity contribution in [2.75, 3.05) is 33.2 Å². The van der Waals surface area contributed by atoms with Gasteiger partial charge in [-0.1, -0.05) is 42.5 Å². The van der Waals surface area contributed by atoms with Gasteiger partial charge in [0.15, 0.2) is 0 Å². The summed E-state index contributed by atoms with van der Waals surface area (Å²) in [7, 11) is 2.18. The average molecular weight is 369 g/mol. The van der Waals surface area contributed by atoms with Crippen molar-refractivity contribution in [3.8, 4) is 5.75 Å². The molecular weight excluding hydrogens is 343 g/mol. The molecule has 1 atom stereocenters. The van der Waals surface area contributed by atoms with Gasteiger partial charge in [0.05, 0.1) is 0 Å². The summed E-state index contributed by atoms with van der Waals surface area (Å²) in [6.45, 7) is 4.41. The standard InChI is InChI=1S/C19H24N2O.2ClH/c1-20-10-12-21(13-11-20)19(17-7-3-2-4-8-17)15-16-6-5-9-18(22)14-16;;/h2-9,14,19,22H,10-13,15H2,1H3;2*1H. The molecule has 0 aromatic heterocycles. The Kier molecular flexibility index (Phi) is 8.57. The second-order valence-electron chi connectivity index (χ2n) is 6.14. The van der Waals surface area contributed by atoms with Crippen LogP contribution in [0, 0.1) is 0 Å². The Bertz CT molecular complexity index is 601. The van der Waals surface area contributed by atoms with E-state index in [0.717, 1.165) is 32.6 Å². The summed E-state index contributed by atoms with van der Waals surface area (Å²) in [6, 6.07) is 18.7. The second kappa shape index (κ2) is 9.90. The molecule has 5 heteroatoms. The van der Waals surface area contributed by atoms with E-state index < -0.39 is 0 Å². The van der Waals surface area contributed by atoms with Gasteiger partial charge in [-0.25, -0.2) is 0 Å². The summed E-state index contributed by atoms with van der Waals surface area (Å²) in [5.41, 5.74) is 2.54. The lowest BCUT2D eigenvalue weighted by atomic mass is 9.96. The third-order valence-corrected chi connectivity index (χ3v) is 4.50. The smallest absolute Gasteiger partial charge is 0.115 e. The van der Waals surface area contributed by atoms with Gasteiger partial charge in [-0.2, -0.15) is 0 Å². The number of halogens is 2. The molecule has 0 bridgehead atoms. The number of benzene rings is 2. The molecule has 1 unspecified atom stereocenters. The van der Waals surface area contributed by atoms with E-state index in [4.69, 9.17) is 0 Å². The molecule has 2 aromatic carbocycles. The number of aromatic hydroxyl groups is 1. The van der Waals surface area contributed by atoms with Crippen LogP contribution in [0.2, 0.25) is 0 Å².